The number of hydrogen-bond acceptors (Lipinski definition) is 4. The van der Waals surface area contributed by atoms with E-state index < -0.39 is 0 Å². The van der Waals surface area contributed by atoms with Crippen molar-refractivity contribution >= 4 is 0 Å². The molecule has 4 nitrogen and oxygen atoms in total. The van der Waals surface area contributed by atoms with Gasteiger partial charge in [0.25, 0.3) is 0 Å². The van der Waals surface area contributed by atoms with Crippen LogP contribution in [0, 0.1) is 0 Å². The van der Waals surface area contributed by atoms with Crippen LogP contribution >= 0.6 is 0 Å². The normalized spacial score (nSPS) is 12.5. The van der Waals surface area contributed by atoms with Crippen molar-refractivity contribution in [3.8, 4) is 5.88 Å². The second-order valence-corrected chi connectivity index (χ2v) is 4.78. The number of ether oxygens (including phenoxy) is 1. The number of nitrogens with zero attached hydrogens (tertiary/aromatic N) is 2. The quantitative estimate of drug-likeness (QED) is 0.914. The lowest BCUT2D eigenvalue weighted by Gasteiger charge is -2.13. The van der Waals surface area contributed by atoms with Crippen molar-refractivity contribution in [2.45, 2.75) is 25.8 Å². The third kappa shape index (κ3) is 3.09. The van der Waals surface area contributed by atoms with E-state index in [2.05, 4.69) is 48.1 Å². The Morgan fingerprint density at radius 3 is 2.26 bits per heavy atom. The molecule has 0 spiro atoms. The van der Waals surface area contributed by atoms with Crippen molar-refractivity contribution in [3.05, 3.63) is 53.5 Å². The molecule has 0 fully saturated rings. The van der Waals surface area contributed by atoms with E-state index >= 15 is 0 Å². The lowest BCUT2D eigenvalue weighted by Crippen LogP contribution is -2.14. The molecule has 2 aromatic rings. The maximum Gasteiger partial charge on any atom is 0.216 e. The van der Waals surface area contributed by atoms with E-state index in [1.165, 1.54) is 11.9 Å². The fourth-order valence-corrected chi connectivity index (χ4v) is 1.89. The lowest BCUT2D eigenvalue weighted by atomic mass is 9.98. The Hall–Kier alpha value is -1.94. The number of nitrogens with two attached hydrogens (primary N) is 1. The van der Waals surface area contributed by atoms with Crippen LogP contribution in [0.4, 0.5) is 0 Å². The summed E-state index contributed by atoms with van der Waals surface area (Å²) in [6.07, 6.45) is 1.47. The molecular formula is C15H19N3O. The molecule has 0 saturated carbocycles. The summed E-state index contributed by atoms with van der Waals surface area (Å²) in [7, 11) is 1.58. The van der Waals surface area contributed by atoms with Gasteiger partial charge in [0, 0.05) is 6.07 Å². The number of rotatable bonds is 4. The molecule has 0 aliphatic carbocycles. The molecule has 0 aliphatic rings. The van der Waals surface area contributed by atoms with E-state index in [9.17, 15) is 0 Å². The van der Waals surface area contributed by atoms with Gasteiger partial charge in [-0.25, -0.2) is 9.97 Å². The summed E-state index contributed by atoms with van der Waals surface area (Å²) in [5.41, 5.74) is 9.31. The van der Waals surface area contributed by atoms with E-state index in [-0.39, 0.29) is 6.04 Å². The highest BCUT2D eigenvalue weighted by Crippen LogP contribution is 2.22. The Morgan fingerprint density at radius 2 is 1.68 bits per heavy atom. The first-order valence-electron chi connectivity index (χ1n) is 6.33. The summed E-state index contributed by atoms with van der Waals surface area (Å²) in [6.45, 7) is 4.34. The number of methoxy groups -OCH3 is 1. The minimum atomic E-state index is -0.266. The Kier molecular flexibility index (Phi) is 4.12. The van der Waals surface area contributed by atoms with Crippen molar-refractivity contribution in [3.63, 3.8) is 0 Å². The molecule has 0 bridgehead atoms. The Balaban J connectivity index is 2.25. The molecular weight excluding hydrogens is 238 g/mol. The summed E-state index contributed by atoms with van der Waals surface area (Å²) in [5.74, 6) is 1.05. The monoisotopic (exact) mass is 257 g/mol. The molecule has 0 aliphatic heterocycles. The van der Waals surface area contributed by atoms with Crippen LogP contribution in [0.15, 0.2) is 36.7 Å². The van der Waals surface area contributed by atoms with Crippen molar-refractivity contribution in [1.82, 2.24) is 9.97 Å². The minimum Gasteiger partial charge on any atom is -0.481 e. The lowest BCUT2D eigenvalue weighted by molar-refractivity contribution is 0.395. The molecule has 2 rings (SSSR count). The summed E-state index contributed by atoms with van der Waals surface area (Å²) in [5, 5.41) is 0. The van der Waals surface area contributed by atoms with Crippen molar-refractivity contribution < 1.29 is 4.74 Å². The van der Waals surface area contributed by atoms with Gasteiger partial charge in [0.2, 0.25) is 5.88 Å². The molecule has 1 atom stereocenters. The van der Waals surface area contributed by atoms with Gasteiger partial charge in [0.05, 0.1) is 18.8 Å². The first-order chi connectivity index (χ1) is 9.11. The van der Waals surface area contributed by atoms with E-state index in [1.807, 2.05) is 0 Å². The van der Waals surface area contributed by atoms with E-state index in [0.717, 1.165) is 11.3 Å². The Morgan fingerprint density at radius 1 is 1.05 bits per heavy atom. The van der Waals surface area contributed by atoms with Crippen molar-refractivity contribution in [2.24, 2.45) is 5.73 Å². The maximum absolute atomic E-state index is 6.22. The van der Waals surface area contributed by atoms with Crippen LogP contribution in [-0.4, -0.2) is 17.1 Å². The van der Waals surface area contributed by atoms with E-state index in [0.29, 0.717) is 11.8 Å². The third-order valence-electron chi connectivity index (χ3n) is 3.15. The number of benzene rings is 1. The zero-order valence-corrected chi connectivity index (χ0v) is 11.5. The highest BCUT2D eigenvalue weighted by atomic mass is 16.5. The smallest absolute Gasteiger partial charge is 0.216 e. The largest absolute Gasteiger partial charge is 0.481 e. The highest BCUT2D eigenvalue weighted by Gasteiger charge is 2.12. The second kappa shape index (κ2) is 5.80. The van der Waals surface area contributed by atoms with Gasteiger partial charge in [0.15, 0.2) is 0 Å². The summed E-state index contributed by atoms with van der Waals surface area (Å²) in [6, 6.07) is 9.82. The van der Waals surface area contributed by atoms with Gasteiger partial charge >= 0.3 is 0 Å². The standard InChI is InChI=1S/C15H19N3O/c1-10(2)11-4-6-12(7-5-11)15(16)13-8-14(19-3)18-9-17-13/h4-10,15H,16H2,1-3H3. The number of hydrogen-bond donors (Lipinski definition) is 1. The van der Waals surface area contributed by atoms with Gasteiger partial charge in [0.1, 0.15) is 6.33 Å². The molecule has 1 unspecified atom stereocenters. The van der Waals surface area contributed by atoms with Crippen LogP contribution in [-0.2, 0) is 0 Å². The second-order valence-electron chi connectivity index (χ2n) is 4.78. The van der Waals surface area contributed by atoms with Crippen LogP contribution in [0.3, 0.4) is 0 Å². The van der Waals surface area contributed by atoms with Crippen LogP contribution in [0.2, 0.25) is 0 Å². The van der Waals surface area contributed by atoms with Gasteiger partial charge in [-0.2, -0.15) is 0 Å². The zero-order chi connectivity index (χ0) is 13.8. The summed E-state index contributed by atoms with van der Waals surface area (Å²) in [4.78, 5) is 8.19. The fourth-order valence-electron chi connectivity index (χ4n) is 1.89. The average Bonchev–Trinajstić information content (AvgIpc) is 2.46. The zero-order valence-electron chi connectivity index (χ0n) is 11.5. The van der Waals surface area contributed by atoms with Gasteiger partial charge in [-0.05, 0) is 17.0 Å². The van der Waals surface area contributed by atoms with Gasteiger partial charge in [-0.15, -0.1) is 0 Å². The molecule has 100 valence electrons. The van der Waals surface area contributed by atoms with Crippen LogP contribution in [0.25, 0.3) is 0 Å². The van der Waals surface area contributed by atoms with Gasteiger partial charge < -0.3 is 10.5 Å². The molecule has 1 aromatic heterocycles. The average molecular weight is 257 g/mol. The Bertz CT molecular complexity index is 537. The van der Waals surface area contributed by atoms with E-state index in [1.54, 1.807) is 13.2 Å². The fraction of sp³-hybridized carbons (Fsp3) is 0.333. The van der Waals surface area contributed by atoms with Crippen molar-refractivity contribution in [2.75, 3.05) is 7.11 Å². The van der Waals surface area contributed by atoms with Gasteiger partial charge in [-0.3, -0.25) is 0 Å². The molecule has 1 heterocycles. The molecule has 0 saturated heterocycles. The topological polar surface area (TPSA) is 61.0 Å². The maximum atomic E-state index is 6.22. The molecule has 1 aromatic carbocycles. The molecule has 0 radical (unpaired) electrons. The predicted molar refractivity (Wildman–Crippen MR) is 75.1 cm³/mol. The van der Waals surface area contributed by atoms with Crippen LogP contribution < -0.4 is 10.5 Å². The van der Waals surface area contributed by atoms with E-state index in [4.69, 9.17) is 10.5 Å². The number of aromatic nitrogens is 2. The summed E-state index contributed by atoms with van der Waals surface area (Å²) < 4.78 is 5.08. The third-order valence-corrected chi connectivity index (χ3v) is 3.15. The SMILES string of the molecule is COc1cc(C(N)c2ccc(C(C)C)cc2)ncn1. The minimum absolute atomic E-state index is 0.266. The molecule has 2 N–H and O–H groups in total. The highest BCUT2D eigenvalue weighted by molar-refractivity contribution is 5.32. The molecule has 4 heteroatoms. The van der Waals surface area contributed by atoms with Crippen molar-refractivity contribution in [1.29, 1.82) is 0 Å². The van der Waals surface area contributed by atoms with Crippen LogP contribution in [0.1, 0.15) is 42.6 Å². The summed E-state index contributed by atoms with van der Waals surface area (Å²) >= 11 is 0. The Labute approximate surface area is 113 Å². The molecule has 0 amide bonds. The van der Waals surface area contributed by atoms with Gasteiger partial charge in [-0.1, -0.05) is 38.1 Å². The van der Waals surface area contributed by atoms with Crippen LogP contribution in [0.5, 0.6) is 5.88 Å². The first kappa shape index (κ1) is 13.5. The molecule has 19 heavy (non-hydrogen) atoms. The predicted octanol–water partition coefficient (Wildman–Crippen LogP) is 2.66. The first-order valence-corrected chi connectivity index (χ1v) is 6.33.